The molecule has 1 unspecified atom stereocenters. The number of fused-ring (bicyclic) bond motifs is 1. The van der Waals surface area contributed by atoms with Crippen molar-refractivity contribution in [2.24, 2.45) is 0 Å². The van der Waals surface area contributed by atoms with Gasteiger partial charge in [0.2, 0.25) is 0 Å². The van der Waals surface area contributed by atoms with E-state index in [1.165, 1.54) is 5.56 Å². The van der Waals surface area contributed by atoms with Gasteiger partial charge in [-0.3, -0.25) is 4.90 Å². The molecule has 3 rings (SSSR count). The molecule has 0 fully saturated rings. The average molecular weight is 420 g/mol. The van der Waals surface area contributed by atoms with Crippen LogP contribution in [0.5, 0.6) is 5.75 Å². The van der Waals surface area contributed by atoms with Crippen LogP contribution in [0.25, 0.3) is 0 Å². The molecule has 0 saturated heterocycles. The molecule has 29 heavy (non-hydrogen) atoms. The highest BCUT2D eigenvalue weighted by atomic mass is 35.5. The van der Waals surface area contributed by atoms with Crippen LogP contribution in [0, 0.1) is 13.8 Å². The van der Waals surface area contributed by atoms with Crippen LogP contribution in [0.3, 0.4) is 0 Å². The van der Waals surface area contributed by atoms with Crippen molar-refractivity contribution < 1.29 is 14.3 Å². The van der Waals surface area contributed by atoms with Crippen molar-refractivity contribution in [1.29, 1.82) is 0 Å². The largest absolute Gasteiger partial charge is 0.491 e. The normalized spacial score (nSPS) is 16.5. The summed E-state index contributed by atoms with van der Waals surface area (Å²) in [6, 6.07) is 5.61. The zero-order valence-corrected chi connectivity index (χ0v) is 18.8. The van der Waals surface area contributed by atoms with E-state index in [9.17, 15) is 4.79 Å². The highest BCUT2D eigenvalue weighted by Gasteiger charge is 2.37. The Kier molecular flexibility index (Phi) is 6.13. The van der Waals surface area contributed by atoms with E-state index in [-0.39, 0.29) is 18.7 Å². The summed E-state index contributed by atoms with van der Waals surface area (Å²) in [5, 5.41) is 0.420. The molecule has 1 amide bonds. The molecular weight excluding hydrogens is 390 g/mol. The molecule has 0 N–H and O–H groups in total. The maximum atomic E-state index is 12.9. The topological polar surface area (TPSA) is 56.6 Å². The number of hydrogen-bond donors (Lipinski definition) is 0. The number of aromatic nitrogens is 2. The van der Waals surface area contributed by atoms with E-state index in [1.807, 2.05) is 45.9 Å². The number of nitrogens with zero attached hydrogens (tertiary/aromatic N) is 3. The Morgan fingerprint density at radius 2 is 1.97 bits per heavy atom. The van der Waals surface area contributed by atoms with Gasteiger partial charge in [-0.2, -0.15) is 0 Å². The van der Waals surface area contributed by atoms with Crippen LogP contribution < -0.4 is 4.74 Å². The third-order valence-corrected chi connectivity index (χ3v) is 5.41. The lowest BCUT2D eigenvalue weighted by Crippen LogP contribution is -2.46. The lowest BCUT2D eigenvalue weighted by Gasteiger charge is -2.37. The van der Waals surface area contributed by atoms with Crippen molar-refractivity contribution in [1.82, 2.24) is 14.5 Å². The highest BCUT2D eigenvalue weighted by molar-refractivity contribution is 6.30. The standard InChI is InChI=1S/C22H30ClN3O3/c1-7-18-24-20(23)19-17(13-28-16-9-8-14(2)15(3)12-16)25(10-11-26(18)19)21(27)29-22(4,5)6/h8-9,12,17H,7,10-11,13H2,1-6H3. The maximum Gasteiger partial charge on any atom is 0.411 e. The number of aryl methyl sites for hydroxylation is 3. The number of rotatable bonds is 4. The molecule has 1 aliphatic rings. The van der Waals surface area contributed by atoms with Crippen LogP contribution in [-0.4, -0.2) is 39.3 Å². The second kappa shape index (κ2) is 8.27. The van der Waals surface area contributed by atoms with Crippen molar-refractivity contribution >= 4 is 17.7 Å². The summed E-state index contributed by atoms with van der Waals surface area (Å²) in [5.74, 6) is 1.69. The van der Waals surface area contributed by atoms with Crippen LogP contribution in [0.2, 0.25) is 5.15 Å². The van der Waals surface area contributed by atoms with Gasteiger partial charge in [0.15, 0.2) is 5.15 Å². The fourth-order valence-corrected chi connectivity index (χ4v) is 3.84. The Morgan fingerprint density at radius 1 is 1.24 bits per heavy atom. The Hall–Kier alpha value is -2.21. The maximum absolute atomic E-state index is 12.9. The number of carbonyl (C=O) groups is 1. The third-order valence-electron chi connectivity index (χ3n) is 5.13. The van der Waals surface area contributed by atoms with E-state index in [4.69, 9.17) is 21.1 Å². The minimum atomic E-state index is -0.577. The predicted octanol–water partition coefficient (Wildman–Crippen LogP) is 5.09. The van der Waals surface area contributed by atoms with E-state index >= 15 is 0 Å². The zero-order valence-electron chi connectivity index (χ0n) is 18.1. The first-order valence-corrected chi connectivity index (χ1v) is 10.4. The molecule has 2 heterocycles. The number of ether oxygens (including phenoxy) is 2. The number of carbonyl (C=O) groups excluding carboxylic acids is 1. The summed E-state index contributed by atoms with van der Waals surface area (Å²) in [7, 11) is 0. The minimum Gasteiger partial charge on any atom is -0.491 e. The van der Waals surface area contributed by atoms with Crippen LogP contribution in [0.15, 0.2) is 18.2 Å². The molecule has 1 atom stereocenters. The fraction of sp³-hybridized carbons (Fsp3) is 0.545. The molecule has 158 valence electrons. The SMILES string of the molecule is CCc1nc(Cl)c2n1CCN(C(=O)OC(C)(C)C)C2COc1ccc(C)c(C)c1. The summed E-state index contributed by atoms with van der Waals surface area (Å²) in [6.45, 7) is 13.2. The number of amides is 1. The molecule has 7 heteroatoms. The molecule has 0 aliphatic carbocycles. The van der Waals surface area contributed by atoms with Crippen molar-refractivity contribution in [3.63, 3.8) is 0 Å². The lowest BCUT2D eigenvalue weighted by atomic mass is 10.1. The van der Waals surface area contributed by atoms with Crippen molar-refractivity contribution in [3.8, 4) is 5.75 Å². The number of imidazole rings is 1. The predicted molar refractivity (Wildman–Crippen MR) is 114 cm³/mol. The van der Waals surface area contributed by atoms with Gasteiger partial charge in [0.1, 0.15) is 29.8 Å². The average Bonchev–Trinajstić information content (AvgIpc) is 2.97. The van der Waals surface area contributed by atoms with Gasteiger partial charge in [-0.1, -0.05) is 24.6 Å². The van der Waals surface area contributed by atoms with Crippen LogP contribution in [0.1, 0.15) is 56.4 Å². The first kappa shape index (κ1) is 21.5. The van der Waals surface area contributed by atoms with Crippen molar-refractivity contribution in [2.75, 3.05) is 13.2 Å². The second-order valence-corrected chi connectivity index (χ2v) is 8.81. The highest BCUT2D eigenvalue weighted by Crippen LogP contribution is 2.34. The summed E-state index contributed by atoms with van der Waals surface area (Å²) in [5.41, 5.74) is 2.60. The molecule has 2 aromatic rings. The van der Waals surface area contributed by atoms with Gasteiger partial charge in [-0.15, -0.1) is 0 Å². The van der Waals surface area contributed by atoms with Crippen LogP contribution in [0.4, 0.5) is 4.79 Å². The molecular formula is C22H30ClN3O3. The molecule has 0 saturated carbocycles. The van der Waals surface area contributed by atoms with Crippen LogP contribution >= 0.6 is 11.6 Å². The first-order valence-electron chi connectivity index (χ1n) is 10.0. The van der Waals surface area contributed by atoms with E-state index in [1.54, 1.807) is 4.90 Å². The monoisotopic (exact) mass is 419 g/mol. The van der Waals surface area contributed by atoms with Gasteiger partial charge in [-0.05, 0) is 57.9 Å². The quantitative estimate of drug-likeness (QED) is 0.692. The lowest BCUT2D eigenvalue weighted by molar-refractivity contribution is 0.00429. The van der Waals surface area contributed by atoms with Crippen molar-refractivity contribution in [2.45, 2.75) is 66.2 Å². The van der Waals surface area contributed by atoms with Gasteiger partial charge in [0, 0.05) is 19.5 Å². The van der Waals surface area contributed by atoms with E-state index in [0.717, 1.165) is 29.3 Å². The summed E-state index contributed by atoms with van der Waals surface area (Å²) < 4.78 is 13.8. The van der Waals surface area contributed by atoms with Crippen molar-refractivity contribution in [3.05, 3.63) is 46.0 Å². The van der Waals surface area contributed by atoms with Gasteiger partial charge in [0.05, 0.1) is 5.69 Å². The van der Waals surface area contributed by atoms with Gasteiger partial charge in [-0.25, -0.2) is 9.78 Å². The first-order chi connectivity index (χ1) is 13.6. The molecule has 6 nitrogen and oxygen atoms in total. The Balaban J connectivity index is 1.91. The van der Waals surface area contributed by atoms with Crippen LogP contribution in [-0.2, 0) is 17.7 Å². The summed E-state index contributed by atoms with van der Waals surface area (Å²) in [4.78, 5) is 19.1. The minimum absolute atomic E-state index is 0.274. The Labute approximate surface area is 177 Å². The molecule has 0 radical (unpaired) electrons. The molecule has 1 aromatic heterocycles. The number of hydrogen-bond acceptors (Lipinski definition) is 4. The van der Waals surface area contributed by atoms with E-state index in [2.05, 4.69) is 23.4 Å². The van der Waals surface area contributed by atoms with E-state index < -0.39 is 5.60 Å². The summed E-state index contributed by atoms with van der Waals surface area (Å²) >= 11 is 6.50. The fourth-order valence-electron chi connectivity index (χ4n) is 3.52. The number of halogens is 1. The molecule has 1 aromatic carbocycles. The summed E-state index contributed by atoms with van der Waals surface area (Å²) in [6.07, 6.45) is 0.407. The van der Waals surface area contributed by atoms with Gasteiger partial charge < -0.3 is 14.0 Å². The van der Waals surface area contributed by atoms with Gasteiger partial charge in [0.25, 0.3) is 0 Å². The molecule has 0 spiro atoms. The molecule has 1 aliphatic heterocycles. The Morgan fingerprint density at radius 3 is 2.59 bits per heavy atom. The smallest absolute Gasteiger partial charge is 0.411 e. The molecule has 0 bridgehead atoms. The number of benzene rings is 1. The Bertz CT molecular complexity index is 901. The van der Waals surface area contributed by atoms with Gasteiger partial charge >= 0.3 is 6.09 Å². The zero-order chi connectivity index (χ0) is 21.3. The second-order valence-electron chi connectivity index (χ2n) is 8.46. The third kappa shape index (κ3) is 4.69. The van der Waals surface area contributed by atoms with E-state index in [0.29, 0.717) is 18.2 Å².